The first kappa shape index (κ1) is 12.2. The number of para-hydroxylation sites is 1. The summed E-state index contributed by atoms with van der Waals surface area (Å²) in [4.78, 5) is 0. The van der Waals surface area contributed by atoms with Gasteiger partial charge in [-0.2, -0.15) is 0 Å². The Balaban J connectivity index is 1.76. The molecule has 0 aliphatic carbocycles. The van der Waals surface area contributed by atoms with Crippen molar-refractivity contribution in [3.8, 4) is 11.5 Å². The fourth-order valence-corrected chi connectivity index (χ4v) is 2.65. The highest BCUT2D eigenvalue weighted by Gasteiger charge is 2.22. The monoisotopic (exact) mass is 253 g/mol. The third kappa shape index (κ3) is 2.96. The van der Waals surface area contributed by atoms with Crippen molar-refractivity contribution in [2.75, 3.05) is 6.54 Å². The summed E-state index contributed by atoms with van der Waals surface area (Å²) in [7, 11) is 0. The van der Waals surface area contributed by atoms with Crippen molar-refractivity contribution in [3.05, 3.63) is 60.2 Å². The van der Waals surface area contributed by atoms with Gasteiger partial charge in [-0.05, 0) is 49.1 Å². The lowest BCUT2D eigenvalue weighted by Gasteiger charge is -2.11. The molecule has 0 radical (unpaired) electrons. The molecule has 0 bridgehead atoms. The van der Waals surface area contributed by atoms with Crippen LogP contribution in [0.2, 0.25) is 0 Å². The minimum atomic E-state index is 0.606. The lowest BCUT2D eigenvalue weighted by molar-refractivity contribution is 0.481. The number of rotatable bonds is 3. The van der Waals surface area contributed by atoms with Crippen molar-refractivity contribution in [1.82, 2.24) is 5.32 Å². The molecule has 1 saturated heterocycles. The number of nitrogens with one attached hydrogen (secondary N) is 1. The minimum Gasteiger partial charge on any atom is -0.457 e. The van der Waals surface area contributed by atoms with Crippen LogP contribution in [0.5, 0.6) is 11.5 Å². The van der Waals surface area contributed by atoms with Crippen LogP contribution in [-0.2, 0) is 0 Å². The number of ether oxygens (including phenoxy) is 1. The van der Waals surface area contributed by atoms with Crippen molar-refractivity contribution in [3.63, 3.8) is 0 Å². The molecule has 2 heteroatoms. The molecular formula is C17H19NO. The largest absolute Gasteiger partial charge is 0.457 e. The normalized spacial score (nSPS) is 22.4. The molecule has 1 aliphatic rings. The molecule has 19 heavy (non-hydrogen) atoms. The maximum absolute atomic E-state index is 5.89. The van der Waals surface area contributed by atoms with Crippen molar-refractivity contribution in [2.24, 2.45) is 0 Å². The second-order valence-electron chi connectivity index (χ2n) is 5.23. The van der Waals surface area contributed by atoms with Crippen LogP contribution in [0.25, 0.3) is 0 Å². The van der Waals surface area contributed by atoms with E-state index in [-0.39, 0.29) is 0 Å². The second-order valence-corrected chi connectivity index (χ2v) is 5.23. The Labute approximate surface area is 114 Å². The van der Waals surface area contributed by atoms with Crippen LogP contribution in [0.15, 0.2) is 54.6 Å². The molecular weight excluding hydrogens is 234 g/mol. The summed E-state index contributed by atoms with van der Waals surface area (Å²) in [5, 5.41) is 3.50. The van der Waals surface area contributed by atoms with Gasteiger partial charge in [-0.1, -0.05) is 30.3 Å². The van der Waals surface area contributed by atoms with Crippen LogP contribution >= 0.6 is 0 Å². The maximum Gasteiger partial charge on any atom is 0.127 e. The molecule has 1 N–H and O–H groups in total. The molecule has 1 fully saturated rings. The average molecular weight is 253 g/mol. The molecule has 0 spiro atoms. The molecule has 0 saturated carbocycles. The van der Waals surface area contributed by atoms with E-state index in [2.05, 4.69) is 30.4 Å². The highest BCUT2D eigenvalue weighted by molar-refractivity contribution is 5.35. The molecule has 0 aromatic heterocycles. The Hall–Kier alpha value is -1.80. The molecule has 98 valence electrons. The number of hydrogen-bond donors (Lipinski definition) is 1. The van der Waals surface area contributed by atoms with Crippen molar-refractivity contribution in [2.45, 2.75) is 25.3 Å². The summed E-state index contributed by atoms with van der Waals surface area (Å²) >= 11 is 0. The molecule has 2 aromatic rings. The van der Waals surface area contributed by atoms with Gasteiger partial charge >= 0.3 is 0 Å². The van der Waals surface area contributed by atoms with E-state index in [0.29, 0.717) is 12.0 Å². The highest BCUT2D eigenvalue weighted by Crippen LogP contribution is 2.29. The first-order chi connectivity index (χ1) is 9.31. The summed E-state index contributed by atoms with van der Waals surface area (Å²) in [6.07, 6.45) is 1.20. The fourth-order valence-electron chi connectivity index (χ4n) is 2.65. The predicted molar refractivity (Wildman–Crippen MR) is 77.8 cm³/mol. The first-order valence-electron chi connectivity index (χ1n) is 6.87. The SMILES string of the molecule is CC1CC(c2cccc(Oc3ccccc3)c2)CN1. The second kappa shape index (κ2) is 5.45. The summed E-state index contributed by atoms with van der Waals surface area (Å²) in [5.41, 5.74) is 1.37. The topological polar surface area (TPSA) is 21.3 Å². The lowest BCUT2D eigenvalue weighted by Crippen LogP contribution is -2.16. The molecule has 1 aliphatic heterocycles. The van der Waals surface area contributed by atoms with Gasteiger partial charge in [0.1, 0.15) is 11.5 Å². The molecule has 2 nitrogen and oxygen atoms in total. The number of hydrogen-bond acceptors (Lipinski definition) is 2. The van der Waals surface area contributed by atoms with Crippen molar-refractivity contribution in [1.29, 1.82) is 0 Å². The van der Waals surface area contributed by atoms with Gasteiger partial charge in [-0.3, -0.25) is 0 Å². The molecule has 3 rings (SSSR count). The predicted octanol–water partition coefficient (Wildman–Crippen LogP) is 3.94. The van der Waals surface area contributed by atoms with E-state index in [1.165, 1.54) is 12.0 Å². The zero-order valence-electron chi connectivity index (χ0n) is 11.2. The van der Waals surface area contributed by atoms with E-state index >= 15 is 0 Å². The van der Waals surface area contributed by atoms with Gasteiger partial charge < -0.3 is 10.1 Å². The van der Waals surface area contributed by atoms with Gasteiger partial charge in [-0.15, -0.1) is 0 Å². The van der Waals surface area contributed by atoms with Crippen LogP contribution in [0, 0.1) is 0 Å². The third-order valence-electron chi connectivity index (χ3n) is 3.66. The van der Waals surface area contributed by atoms with E-state index in [1.807, 2.05) is 36.4 Å². The summed E-state index contributed by atoms with van der Waals surface area (Å²) < 4.78 is 5.89. The molecule has 2 unspecified atom stereocenters. The Morgan fingerprint density at radius 3 is 2.53 bits per heavy atom. The smallest absolute Gasteiger partial charge is 0.127 e. The molecule has 0 amide bonds. The van der Waals surface area contributed by atoms with Gasteiger partial charge in [0.25, 0.3) is 0 Å². The zero-order chi connectivity index (χ0) is 13.1. The van der Waals surface area contributed by atoms with E-state index in [4.69, 9.17) is 4.74 Å². The summed E-state index contributed by atoms with van der Waals surface area (Å²) in [5.74, 6) is 2.41. The van der Waals surface area contributed by atoms with Gasteiger partial charge in [-0.25, -0.2) is 0 Å². The van der Waals surface area contributed by atoms with Crippen LogP contribution in [0.1, 0.15) is 24.8 Å². The van der Waals surface area contributed by atoms with Crippen molar-refractivity contribution >= 4 is 0 Å². The Bertz CT molecular complexity index is 538. The summed E-state index contributed by atoms with van der Waals surface area (Å²) in [6, 6.07) is 19.0. The average Bonchev–Trinajstić information content (AvgIpc) is 2.87. The molecule has 1 heterocycles. The Morgan fingerprint density at radius 1 is 1.00 bits per heavy atom. The van der Waals surface area contributed by atoms with Crippen LogP contribution in [0.4, 0.5) is 0 Å². The third-order valence-corrected chi connectivity index (χ3v) is 3.66. The molecule has 2 atom stereocenters. The lowest BCUT2D eigenvalue weighted by atomic mass is 9.96. The highest BCUT2D eigenvalue weighted by atomic mass is 16.5. The Kier molecular flexibility index (Phi) is 3.51. The van der Waals surface area contributed by atoms with E-state index in [1.54, 1.807) is 0 Å². The van der Waals surface area contributed by atoms with E-state index in [0.717, 1.165) is 18.0 Å². The van der Waals surface area contributed by atoms with Crippen LogP contribution in [0.3, 0.4) is 0 Å². The van der Waals surface area contributed by atoms with Crippen LogP contribution in [-0.4, -0.2) is 12.6 Å². The van der Waals surface area contributed by atoms with Crippen LogP contribution < -0.4 is 10.1 Å². The van der Waals surface area contributed by atoms with E-state index in [9.17, 15) is 0 Å². The van der Waals surface area contributed by atoms with Gasteiger partial charge in [0.15, 0.2) is 0 Å². The quantitative estimate of drug-likeness (QED) is 0.894. The summed E-state index contributed by atoms with van der Waals surface area (Å²) in [6.45, 7) is 3.31. The van der Waals surface area contributed by atoms with Gasteiger partial charge in [0.05, 0.1) is 0 Å². The first-order valence-corrected chi connectivity index (χ1v) is 6.87. The fraction of sp³-hybridized carbons (Fsp3) is 0.294. The zero-order valence-corrected chi connectivity index (χ0v) is 11.2. The Morgan fingerprint density at radius 2 is 1.79 bits per heavy atom. The van der Waals surface area contributed by atoms with Gasteiger partial charge in [0.2, 0.25) is 0 Å². The van der Waals surface area contributed by atoms with Crippen molar-refractivity contribution < 1.29 is 4.74 Å². The maximum atomic E-state index is 5.89. The molecule has 2 aromatic carbocycles. The number of benzene rings is 2. The van der Waals surface area contributed by atoms with Gasteiger partial charge in [0, 0.05) is 12.6 Å². The minimum absolute atomic E-state index is 0.606. The van der Waals surface area contributed by atoms with E-state index < -0.39 is 0 Å². The standard InChI is InChI=1S/C17H19NO/c1-13-10-15(12-18-13)14-6-5-9-17(11-14)19-16-7-3-2-4-8-16/h2-9,11,13,15,18H,10,12H2,1H3.